The van der Waals surface area contributed by atoms with Crippen molar-refractivity contribution in [1.29, 1.82) is 0 Å². The van der Waals surface area contributed by atoms with Gasteiger partial charge in [-0.15, -0.1) is 11.3 Å². The van der Waals surface area contributed by atoms with Gasteiger partial charge in [0.15, 0.2) is 16.6 Å². The summed E-state index contributed by atoms with van der Waals surface area (Å²) in [6.07, 6.45) is 3.45. The minimum Gasteiger partial charge on any atom is -0.493 e. The van der Waals surface area contributed by atoms with E-state index in [9.17, 15) is 4.79 Å². The predicted molar refractivity (Wildman–Crippen MR) is 107 cm³/mol. The zero-order chi connectivity index (χ0) is 19.2. The zero-order valence-electron chi connectivity index (χ0n) is 15.5. The van der Waals surface area contributed by atoms with E-state index in [1.165, 1.54) is 11.3 Å². The second-order valence-corrected chi connectivity index (χ2v) is 6.86. The molecular formula is C20H21N3O3S. The topological polar surface area (TPSA) is 73.3 Å². The fourth-order valence-corrected chi connectivity index (χ4v) is 3.75. The molecule has 0 atom stereocenters. The van der Waals surface area contributed by atoms with E-state index in [0.29, 0.717) is 22.3 Å². The molecule has 2 heterocycles. The van der Waals surface area contributed by atoms with Crippen LogP contribution in [0.25, 0.3) is 11.3 Å². The van der Waals surface area contributed by atoms with Crippen LogP contribution in [-0.4, -0.2) is 30.1 Å². The number of amides is 1. The van der Waals surface area contributed by atoms with Crippen LogP contribution in [0.1, 0.15) is 28.7 Å². The molecule has 2 aromatic heterocycles. The highest BCUT2D eigenvalue weighted by Crippen LogP contribution is 2.37. The highest BCUT2D eigenvalue weighted by molar-refractivity contribution is 7.16. The van der Waals surface area contributed by atoms with Crippen LogP contribution in [0.2, 0.25) is 0 Å². The molecule has 3 rings (SSSR count). The third kappa shape index (κ3) is 4.25. The molecule has 1 N–H and O–H groups in total. The van der Waals surface area contributed by atoms with Crippen LogP contribution in [0.4, 0.5) is 5.13 Å². The number of hydrogen-bond donors (Lipinski definition) is 1. The van der Waals surface area contributed by atoms with Crippen molar-refractivity contribution in [3.63, 3.8) is 0 Å². The molecule has 0 aliphatic rings. The van der Waals surface area contributed by atoms with Crippen molar-refractivity contribution in [3.8, 4) is 22.8 Å². The zero-order valence-corrected chi connectivity index (χ0v) is 16.3. The molecule has 0 unspecified atom stereocenters. The van der Waals surface area contributed by atoms with Gasteiger partial charge in [-0.1, -0.05) is 19.4 Å². The number of pyridine rings is 1. The maximum Gasteiger partial charge on any atom is 0.276 e. The summed E-state index contributed by atoms with van der Waals surface area (Å²) in [6.45, 7) is 2.12. The first kappa shape index (κ1) is 18.8. The second-order valence-electron chi connectivity index (χ2n) is 5.78. The third-order valence-corrected chi connectivity index (χ3v) is 4.98. The van der Waals surface area contributed by atoms with Gasteiger partial charge in [0.1, 0.15) is 5.69 Å². The Hall–Kier alpha value is -2.93. The minimum atomic E-state index is -0.272. The molecule has 1 aromatic carbocycles. The Morgan fingerprint density at radius 3 is 2.63 bits per heavy atom. The Labute approximate surface area is 162 Å². The maximum absolute atomic E-state index is 12.4. The monoisotopic (exact) mass is 383 g/mol. The smallest absolute Gasteiger partial charge is 0.276 e. The minimum absolute atomic E-state index is 0.272. The number of rotatable bonds is 7. The molecule has 140 valence electrons. The molecule has 27 heavy (non-hydrogen) atoms. The average Bonchev–Trinajstić information content (AvgIpc) is 3.10. The highest BCUT2D eigenvalue weighted by Gasteiger charge is 2.17. The molecule has 0 saturated heterocycles. The molecule has 0 aliphatic heterocycles. The number of benzene rings is 1. The van der Waals surface area contributed by atoms with E-state index in [1.807, 2.05) is 18.2 Å². The first-order chi connectivity index (χ1) is 13.2. The van der Waals surface area contributed by atoms with Crippen molar-refractivity contribution in [3.05, 3.63) is 53.2 Å². The van der Waals surface area contributed by atoms with Crippen molar-refractivity contribution in [2.45, 2.75) is 19.8 Å². The normalized spacial score (nSPS) is 10.5. The first-order valence-corrected chi connectivity index (χ1v) is 9.42. The number of carbonyl (C=O) groups excluding carboxylic acids is 1. The van der Waals surface area contributed by atoms with Gasteiger partial charge in [0, 0.05) is 16.6 Å². The quantitative estimate of drug-likeness (QED) is 0.653. The van der Waals surface area contributed by atoms with Crippen LogP contribution < -0.4 is 14.8 Å². The molecule has 0 aliphatic carbocycles. The molecule has 0 fully saturated rings. The fourth-order valence-electron chi connectivity index (χ4n) is 2.67. The van der Waals surface area contributed by atoms with Gasteiger partial charge in [0.2, 0.25) is 0 Å². The standard InChI is InChI=1S/C20H21N3O3S/c1-4-7-17-18(13-9-10-15(25-2)16(12-13)26-3)22-20(27-17)23-19(24)14-8-5-6-11-21-14/h5-6,8-12H,4,7H2,1-3H3,(H,22,23,24). The number of hydrogen-bond acceptors (Lipinski definition) is 6. The number of anilines is 1. The number of ether oxygens (including phenoxy) is 2. The van der Waals surface area contributed by atoms with E-state index < -0.39 is 0 Å². The fraction of sp³-hybridized carbons (Fsp3) is 0.250. The highest BCUT2D eigenvalue weighted by atomic mass is 32.1. The van der Waals surface area contributed by atoms with Gasteiger partial charge >= 0.3 is 0 Å². The lowest BCUT2D eigenvalue weighted by Gasteiger charge is -2.09. The molecule has 3 aromatic rings. The van der Waals surface area contributed by atoms with E-state index >= 15 is 0 Å². The van der Waals surface area contributed by atoms with E-state index in [0.717, 1.165) is 29.0 Å². The van der Waals surface area contributed by atoms with E-state index in [2.05, 4.69) is 22.2 Å². The van der Waals surface area contributed by atoms with Gasteiger partial charge in [-0.25, -0.2) is 4.98 Å². The lowest BCUT2D eigenvalue weighted by atomic mass is 10.1. The summed E-state index contributed by atoms with van der Waals surface area (Å²) in [5.74, 6) is 1.04. The number of nitrogens with zero attached hydrogens (tertiary/aromatic N) is 2. The largest absolute Gasteiger partial charge is 0.493 e. The van der Waals surface area contributed by atoms with Crippen LogP contribution in [-0.2, 0) is 6.42 Å². The first-order valence-electron chi connectivity index (χ1n) is 8.60. The number of aromatic nitrogens is 2. The summed E-state index contributed by atoms with van der Waals surface area (Å²) >= 11 is 1.48. The van der Waals surface area contributed by atoms with Gasteiger partial charge in [-0.05, 0) is 36.8 Å². The lowest BCUT2D eigenvalue weighted by molar-refractivity contribution is 0.102. The second kappa shape index (κ2) is 8.64. The number of thiazole rings is 1. The maximum atomic E-state index is 12.4. The van der Waals surface area contributed by atoms with Crippen molar-refractivity contribution < 1.29 is 14.3 Å². The third-order valence-electron chi connectivity index (χ3n) is 3.95. The van der Waals surface area contributed by atoms with Crippen molar-refractivity contribution in [2.75, 3.05) is 19.5 Å². The molecule has 1 amide bonds. The van der Waals surface area contributed by atoms with Gasteiger partial charge in [-0.3, -0.25) is 15.1 Å². The summed E-state index contributed by atoms with van der Waals surface area (Å²) in [4.78, 5) is 22.2. The van der Waals surface area contributed by atoms with Crippen molar-refractivity contribution in [1.82, 2.24) is 9.97 Å². The lowest BCUT2D eigenvalue weighted by Crippen LogP contribution is -2.13. The van der Waals surface area contributed by atoms with E-state index in [1.54, 1.807) is 38.6 Å². The Morgan fingerprint density at radius 1 is 1.15 bits per heavy atom. The Balaban J connectivity index is 1.93. The molecule has 0 bridgehead atoms. The molecule has 6 nitrogen and oxygen atoms in total. The molecule has 0 saturated carbocycles. The molecule has 0 radical (unpaired) electrons. The summed E-state index contributed by atoms with van der Waals surface area (Å²) in [5.41, 5.74) is 2.13. The number of aryl methyl sites for hydroxylation is 1. The Bertz CT molecular complexity index is 925. The number of methoxy groups -OCH3 is 2. The Kier molecular flexibility index (Phi) is 6.03. The van der Waals surface area contributed by atoms with Gasteiger partial charge < -0.3 is 9.47 Å². The SMILES string of the molecule is CCCc1sc(NC(=O)c2ccccn2)nc1-c1ccc(OC)c(OC)c1. The molecular weight excluding hydrogens is 362 g/mol. The summed E-state index contributed by atoms with van der Waals surface area (Å²) in [7, 11) is 3.21. The van der Waals surface area contributed by atoms with Crippen molar-refractivity contribution in [2.24, 2.45) is 0 Å². The molecule has 7 heteroatoms. The van der Waals surface area contributed by atoms with E-state index in [-0.39, 0.29) is 5.91 Å². The van der Waals surface area contributed by atoms with Crippen LogP contribution >= 0.6 is 11.3 Å². The summed E-state index contributed by atoms with van der Waals surface area (Å²) in [6, 6.07) is 10.9. The van der Waals surface area contributed by atoms with Gasteiger partial charge in [-0.2, -0.15) is 0 Å². The Morgan fingerprint density at radius 2 is 1.96 bits per heavy atom. The number of nitrogens with one attached hydrogen (secondary N) is 1. The molecule has 0 spiro atoms. The van der Waals surface area contributed by atoms with Crippen LogP contribution in [0.15, 0.2) is 42.6 Å². The summed E-state index contributed by atoms with van der Waals surface area (Å²) < 4.78 is 10.7. The van der Waals surface area contributed by atoms with E-state index in [4.69, 9.17) is 9.47 Å². The van der Waals surface area contributed by atoms with Gasteiger partial charge in [0.05, 0.1) is 19.9 Å². The van der Waals surface area contributed by atoms with Crippen molar-refractivity contribution >= 4 is 22.4 Å². The van der Waals surface area contributed by atoms with Crippen LogP contribution in [0.3, 0.4) is 0 Å². The summed E-state index contributed by atoms with van der Waals surface area (Å²) in [5, 5.41) is 3.40. The van der Waals surface area contributed by atoms with Crippen LogP contribution in [0, 0.1) is 0 Å². The average molecular weight is 383 g/mol. The predicted octanol–water partition coefficient (Wildman–Crippen LogP) is 4.43. The van der Waals surface area contributed by atoms with Crippen LogP contribution in [0.5, 0.6) is 11.5 Å². The van der Waals surface area contributed by atoms with Gasteiger partial charge in [0.25, 0.3) is 5.91 Å². The number of carbonyl (C=O) groups is 1.